The van der Waals surface area contributed by atoms with Gasteiger partial charge in [0.05, 0.1) is 12.3 Å². The van der Waals surface area contributed by atoms with Gasteiger partial charge >= 0.3 is 18.2 Å². The Morgan fingerprint density at radius 1 is 1.25 bits per heavy atom. The fourth-order valence-electron chi connectivity index (χ4n) is 2.78. The number of carboxylic acid groups (broad SMARTS) is 1. The highest BCUT2D eigenvalue weighted by atomic mass is 32.1. The molecule has 1 aliphatic heterocycles. The normalized spacial score (nSPS) is 14.1. The van der Waals surface area contributed by atoms with Gasteiger partial charge in [-0.3, -0.25) is 10.1 Å². The number of carbonyl (C=O) groups excluding carboxylic acids is 2. The van der Waals surface area contributed by atoms with E-state index in [1.807, 2.05) is 0 Å². The number of Topliss-reactive ketones (excluding diaryl/α,β-unsaturated/α-hetero) is 1. The number of carbonyl (C=O) groups is 3. The molecule has 1 amide bonds. The van der Waals surface area contributed by atoms with E-state index in [1.165, 1.54) is 18.3 Å². The number of piperidine rings is 1. The first kappa shape index (κ1) is 25.3. The van der Waals surface area contributed by atoms with Crippen molar-refractivity contribution in [3.8, 4) is 10.6 Å². The monoisotopic (exact) mass is 473 g/mol. The summed E-state index contributed by atoms with van der Waals surface area (Å²) in [4.78, 5) is 36.4. The molecule has 0 saturated carbocycles. The van der Waals surface area contributed by atoms with Gasteiger partial charge in [-0.05, 0) is 44.0 Å². The molecular weight excluding hydrogens is 451 g/mol. The number of ether oxygens (including phenoxy) is 1. The second kappa shape index (κ2) is 11.6. The molecule has 2 aromatic rings. The van der Waals surface area contributed by atoms with Crippen LogP contribution in [0.15, 0.2) is 29.6 Å². The zero-order valence-electron chi connectivity index (χ0n) is 17.1. The van der Waals surface area contributed by atoms with Crippen LogP contribution < -0.4 is 10.6 Å². The van der Waals surface area contributed by atoms with E-state index in [-0.39, 0.29) is 18.3 Å². The highest BCUT2D eigenvalue weighted by Crippen LogP contribution is 2.30. The molecular formula is C20H22F3N3O5S. The summed E-state index contributed by atoms with van der Waals surface area (Å²) in [6.45, 7) is 2.86. The van der Waals surface area contributed by atoms with Gasteiger partial charge < -0.3 is 15.2 Å². The van der Waals surface area contributed by atoms with Crippen LogP contribution in [0.3, 0.4) is 0 Å². The lowest BCUT2D eigenvalue weighted by molar-refractivity contribution is -0.201. The number of benzene rings is 1. The van der Waals surface area contributed by atoms with Gasteiger partial charge in [0.2, 0.25) is 0 Å². The van der Waals surface area contributed by atoms with Gasteiger partial charge in [0.25, 0.3) is 0 Å². The zero-order chi connectivity index (χ0) is 23.7. The molecule has 2 heterocycles. The number of ketones is 1. The van der Waals surface area contributed by atoms with Crippen LogP contribution in [0.2, 0.25) is 0 Å². The Hall–Kier alpha value is -2.99. The quantitative estimate of drug-likeness (QED) is 0.440. The summed E-state index contributed by atoms with van der Waals surface area (Å²) in [5.74, 6) is -2.14. The van der Waals surface area contributed by atoms with E-state index >= 15 is 0 Å². The van der Waals surface area contributed by atoms with Crippen LogP contribution in [0, 0.1) is 5.92 Å². The maximum absolute atomic E-state index is 11.7. The Labute approximate surface area is 185 Å². The summed E-state index contributed by atoms with van der Waals surface area (Å²) in [6, 6.07) is 6.93. The summed E-state index contributed by atoms with van der Waals surface area (Å²) < 4.78 is 39.3. The minimum atomic E-state index is -4.87. The first-order valence-corrected chi connectivity index (χ1v) is 10.5. The largest absolute Gasteiger partial charge is 0.490 e. The van der Waals surface area contributed by atoms with Crippen LogP contribution in [0.4, 0.5) is 23.7 Å². The third kappa shape index (κ3) is 7.93. The van der Waals surface area contributed by atoms with E-state index in [4.69, 9.17) is 5.11 Å². The number of halogens is 3. The standard InChI is InChI=1S/C12H10N2O3S.C8H12F3NO2/c1-7(15)10-6-18-11(13-10)8-4-2-3-5-9(8)14-12(16)17;9-8(10,11)7(13)14-5-6-1-3-12-4-2-6/h2-6,14H,1H3,(H,16,17);6,12H,1-5H2. The van der Waals surface area contributed by atoms with Crippen LogP contribution in [0.5, 0.6) is 0 Å². The number of anilines is 1. The minimum Gasteiger partial charge on any atom is -0.465 e. The van der Waals surface area contributed by atoms with Crippen LogP contribution in [0.1, 0.15) is 30.3 Å². The van der Waals surface area contributed by atoms with E-state index in [0.717, 1.165) is 25.9 Å². The van der Waals surface area contributed by atoms with Crippen molar-refractivity contribution in [2.45, 2.75) is 25.9 Å². The Bertz CT molecular complexity index is 943. The first-order chi connectivity index (χ1) is 15.1. The molecule has 1 aromatic carbocycles. The van der Waals surface area contributed by atoms with Gasteiger partial charge in [0.1, 0.15) is 10.7 Å². The molecule has 3 N–H and O–H groups in total. The second-order valence-corrected chi connectivity index (χ2v) is 7.72. The Morgan fingerprint density at radius 3 is 2.47 bits per heavy atom. The van der Waals surface area contributed by atoms with Crippen LogP contribution in [-0.4, -0.2) is 53.8 Å². The number of nitrogens with one attached hydrogen (secondary N) is 2. The van der Waals surface area contributed by atoms with Gasteiger partial charge in [-0.25, -0.2) is 14.6 Å². The van der Waals surface area contributed by atoms with Crippen molar-refractivity contribution in [3.05, 3.63) is 35.3 Å². The number of alkyl halides is 3. The molecule has 12 heteroatoms. The molecule has 174 valence electrons. The zero-order valence-corrected chi connectivity index (χ0v) is 17.9. The summed E-state index contributed by atoms with van der Waals surface area (Å²) in [5.41, 5.74) is 1.51. The molecule has 0 atom stereocenters. The van der Waals surface area contributed by atoms with Gasteiger partial charge in [-0.15, -0.1) is 11.3 Å². The molecule has 0 aliphatic carbocycles. The van der Waals surface area contributed by atoms with Gasteiger partial charge in [-0.1, -0.05) is 12.1 Å². The maximum Gasteiger partial charge on any atom is 0.490 e. The molecule has 0 spiro atoms. The second-order valence-electron chi connectivity index (χ2n) is 6.86. The van der Waals surface area contributed by atoms with Crippen molar-refractivity contribution < 1.29 is 37.4 Å². The minimum absolute atomic E-state index is 0.0579. The number of para-hydroxylation sites is 1. The van der Waals surface area contributed by atoms with Gasteiger partial charge in [0, 0.05) is 17.9 Å². The summed E-state index contributed by atoms with van der Waals surface area (Å²) in [7, 11) is 0. The molecule has 32 heavy (non-hydrogen) atoms. The van der Waals surface area contributed by atoms with E-state index < -0.39 is 18.2 Å². The van der Waals surface area contributed by atoms with Crippen molar-refractivity contribution in [1.29, 1.82) is 0 Å². The Kier molecular flexibility index (Phi) is 9.14. The van der Waals surface area contributed by atoms with Crippen molar-refractivity contribution in [2.24, 2.45) is 5.92 Å². The third-order valence-corrected chi connectivity index (χ3v) is 5.28. The molecule has 0 bridgehead atoms. The molecule has 1 saturated heterocycles. The summed E-state index contributed by atoms with van der Waals surface area (Å²) in [6.07, 6.45) is -4.49. The molecule has 8 nitrogen and oxygen atoms in total. The number of nitrogens with zero attached hydrogens (tertiary/aromatic N) is 1. The fraction of sp³-hybridized carbons (Fsp3) is 0.400. The Morgan fingerprint density at radius 2 is 1.91 bits per heavy atom. The number of amides is 1. The summed E-state index contributed by atoms with van der Waals surface area (Å²) in [5, 5.41) is 16.4. The lowest BCUT2D eigenvalue weighted by atomic mass is 9.99. The van der Waals surface area contributed by atoms with E-state index in [9.17, 15) is 27.6 Å². The number of hydrogen-bond donors (Lipinski definition) is 3. The number of rotatable bonds is 5. The predicted molar refractivity (Wildman–Crippen MR) is 112 cm³/mol. The van der Waals surface area contributed by atoms with Crippen molar-refractivity contribution >= 4 is 34.9 Å². The van der Waals surface area contributed by atoms with E-state index in [1.54, 1.807) is 29.6 Å². The number of aromatic nitrogens is 1. The topological polar surface area (TPSA) is 118 Å². The van der Waals surface area contributed by atoms with Crippen LogP contribution in [0.25, 0.3) is 10.6 Å². The van der Waals surface area contributed by atoms with E-state index in [0.29, 0.717) is 22.0 Å². The Balaban J connectivity index is 0.000000235. The van der Waals surface area contributed by atoms with Crippen molar-refractivity contribution in [2.75, 3.05) is 25.0 Å². The fourth-order valence-corrected chi connectivity index (χ4v) is 3.67. The molecule has 1 aliphatic rings. The predicted octanol–water partition coefficient (Wildman–Crippen LogP) is 4.19. The lowest BCUT2D eigenvalue weighted by Gasteiger charge is -2.22. The molecule has 0 radical (unpaired) electrons. The van der Waals surface area contributed by atoms with Gasteiger partial charge in [0.15, 0.2) is 5.78 Å². The molecule has 1 aromatic heterocycles. The van der Waals surface area contributed by atoms with Crippen molar-refractivity contribution in [1.82, 2.24) is 10.3 Å². The lowest BCUT2D eigenvalue weighted by Crippen LogP contribution is -2.33. The SMILES string of the molecule is CC(=O)c1csc(-c2ccccc2NC(=O)O)n1.O=C(OCC1CCNCC1)C(F)(F)F. The number of thiazole rings is 1. The van der Waals surface area contributed by atoms with Crippen LogP contribution >= 0.6 is 11.3 Å². The van der Waals surface area contributed by atoms with Gasteiger partial charge in [-0.2, -0.15) is 13.2 Å². The number of esters is 1. The smallest absolute Gasteiger partial charge is 0.465 e. The summed E-state index contributed by atoms with van der Waals surface area (Å²) >= 11 is 1.31. The maximum atomic E-state index is 11.7. The highest BCUT2D eigenvalue weighted by Gasteiger charge is 2.41. The van der Waals surface area contributed by atoms with E-state index in [2.05, 4.69) is 20.4 Å². The average molecular weight is 473 g/mol. The van der Waals surface area contributed by atoms with Crippen LogP contribution in [-0.2, 0) is 9.53 Å². The average Bonchev–Trinajstić information content (AvgIpc) is 3.23. The number of hydrogen-bond acceptors (Lipinski definition) is 7. The highest BCUT2D eigenvalue weighted by molar-refractivity contribution is 7.13. The molecule has 1 fully saturated rings. The van der Waals surface area contributed by atoms with Crippen molar-refractivity contribution in [3.63, 3.8) is 0 Å². The molecule has 3 rings (SSSR count). The third-order valence-electron chi connectivity index (χ3n) is 4.40. The molecule has 0 unspecified atom stereocenters. The first-order valence-electron chi connectivity index (χ1n) is 9.58.